The number of amides is 10. The number of ketones is 2. The lowest BCUT2D eigenvalue weighted by Crippen LogP contribution is -2.60. The highest BCUT2D eigenvalue weighted by molar-refractivity contribution is 7.98. The van der Waals surface area contributed by atoms with Crippen molar-refractivity contribution >= 4 is 110 Å². The average Bonchev–Trinajstić information content (AvgIpc) is 1.68. The van der Waals surface area contributed by atoms with E-state index in [-0.39, 0.29) is 103 Å². The summed E-state index contributed by atoms with van der Waals surface area (Å²) >= 11 is 1.31. The number of primary amides is 1. The first-order valence-electron chi connectivity index (χ1n) is 28.9. The molecule has 10 amide bonds. The van der Waals surface area contributed by atoms with E-state index < -0.39 is 199 Å². The Kier molecular flexibility index (Phi) is 25.3. The molecule has 2 aromatic rings. The molecule has 6 rings (SSSR count). The standard InChI is InChI=1S/C56H78N10O19S2/c1-5-28(2)32-9-6-8-30(68)22-59-52(79)34-12-14-39(70)49(29(3)40(71)25-67)63-54(81)38-20-31(69)24-65(38)56(82)36(21-42(57)72)62-53(80)37(61-44(74)23-60-51(32)78)27-87(83)55-48(34)33-13-15-41(84-4)35(50(33)64-55)26-86-19-18-58-43(73)10-7-11-47(77)85-66-45(75)16-17-46(66)76/h13,15,28-29,31-32,34,36-38,40,49,64,67,69,71H,5-12,14,16-27H2,1-4H3,(H2,57,72)(H,58,73)(H,59,79)(H,60,78)(H,61,74)(H,62,80)(H,63,81)/t28-,29-,31+,32-,34+,36-,37+,38-,40-,49-,87?/m0/s1. The molecule has 87 heavy (non-hydrogen) atoms. The second kappa shape index (κ2) is 32.0. The van der Waals surface area contributed by atoms with Gasteiger partial charge < -0.3 is 72.4 Å². The van der Waals surface area contributed by atoms with Crippen LogP contribution in [0.2, 0.25) is 0 Å². The largest absolute Gasteiger partial charge is 0.496 e. The van der Waals surface area contributed by atoms with Gasteiger partial charge in [0.05, 0.1) is 79.5 Å². The highest BCUT2D eigenvalue weighted by atomic mass is 32.2. The van der Waals surface area contributed by atoms with Crippen LogP contribution in [0.4, 0.5) is 0 Å². The molecule has 29 nitrogen and oxygen atoms in total. The number of nitrogens with zero attached hydrogens (tertiary/aromatic N) is 2. The molecule has 0 radical (unpaired) electrons. The van der Waals surface area contributed by atoms with Gasteiger partial charge in [-0.1, -0.05) is 27.2 Å². The molecular formula is C56H78N10O19S2. The van der Waals surface area contributed by atoms with Crippen LogP contribution < -0.4 is 42.4 Å². The summed E-state index contributed by atoms with van der Waals surface area (Å²) in [4.78, 5) is 185. The van der Waals surface area contributed by atoms with Crippen molar-refractivity contribution in [3.8, 4) is 5.75 Å². The molecule has 1 aromatic carbocycles. The number of H-pyrrole nitrogens is 1. The predicted molar refractivity (Wildman–Crippen MR) is 309 cm³/mol. The Balaban J connectivity index is 1.43. The van der Waals surface area contributed by atoms with Crippen molar-refractivity contribution in [1.29, 1.82) is 0 Å². The third-order valence-electron chi connectivity index (χ3n) is 16.0. The number of benzene rings is 1. The lowest BCUT2D eigenvalue weighted by atomic mass is 9.86. The van der Waals surface area contributed by atoms with Crippen LogP contribution in [-0.2, 0) is 83.7 Å². The monoisotopic (exact) mass is 1260 g/mol. The first-order chi connectivity index (χ1) is 41.4. The molecule has 0 spiro atoms. The van der Waals surface area contributed by atoms with E-state index in [1.165, 1.54) is 25.8 Å². The summed E-state index contributed by atoms with van der Waals surface area (Å²) in [7, 11) is -1.15. The van der Waals surface area contributed by atoms with Gasteiger partial charge in [0, 0.05) is 97.9 Å². The fraction of sp³-hybridized carbons (Fsp3) is 0.625. The molecule has 1 unspecified atom stereocenters. The molecule has 5 heterocycles. The maximum atomic E-state index is 15.5. The third-order valence-corrected chi connectivity index (χ3v) is 18.4. The Hall–Kier alpha value is -7.35. The van der Waals surface area contributed by atoms with E-state index in [2.05, 4.69) is 36.9 Å². The van der Waals surface area contributed by atoms with Gasteiger partial charge in [-0.25, -0.2) is 4.79 Å². The number of nitrogens with one attached hydrogen (secondary N) is 7. The maximum absolute atomic E-state index is 15.5. The number of hydrogen-bond acceptors (Lipinski definition) is 20. The summed E-state index contributed by atoms with van der Waals surface area (Å²) in [6.45, 7) is 2.55. The number of aliphatic hydroxyl groups excluding tert-OH is 3. The molecule has 0 saturated carbocycles. The summed E-state index contributed by atoms with van der Waals surface area (Å²) in [6, 6.07) is -3.85. The van der Waals surface area contributed by atoms with Crippen molar-refractivity contribution in [2.45, 2.75) is 157 Å². The molecule has 4 aliphatic rings. The SMILES string of the molecule is CC[C@H](C)[C@@H]1CCCC(=O)CNC(=O)[C@@H]2CCC(=O)[C@H]([C@@H](C)[C@@H](O)CO)NC(=O)[C@@H]3C[C@@H](O)CN3C(=O)[C@H](CC(N)=O)NC(=O)[C@@H](CS(=O)c3[nH]c4c(CSCCNC(=O)CCCC(=O)ON5C(=O)CCC5=O)c(OC)ccc4c32)NC(=O)CNC1=O. The van der Waals surface area contributed by atoms with Crippen molar-refractivity contribution in [2.24, 2.45) is 23.5 Å². The molecule has 478 valence electrons. The molecule has 1 aromatic heterocycles. The minimum absolute atomic E-state index is 0.000621. The number of rotatable bonds is 18. The lowest BCUT2D eigenvalue weighted by Gasteiger charge is -2.32. The number of ether oxygens (including phenoxy) is 1. The van der Waals surface area contributed by atoms with E-state index >= 15 is 9.00 Å². The Labute approximate surface area is 507 Å². The van der Waals surface area contributed by atoms with Crippen LogP contribution in [0.5, 0.6) is 5.75 Å². The van der Waals surface area contributed by atoms with Gasteiger partial charge in [0.1, 0.15) is 28.9 Å². The minimum Gasteiger partial charge on any atom is -0.496 e. The van der Waals surface area contributed by atoms with Crippen molar-refractivity contribution in [1.82, 2.24) is 46.8 Å². The van der Waals surface area contributed by atoms with Gasteiger partial charge in [-0.3, -0.25) is 61.7 Å². The lowest BCUT2D eigenvalue weighted by molar-refractivity contribution is -0.197. The van der Waals surface area contributed by atoms with E-state index in [0.29, 0.717) is 17.0 Å². The quantitative estimate of drug-likeness (QED) is 0.0557. The van der Waals surface area contributed by atoms with Gasteiger partial charge in [-0.2, -0.15) is 11.8 Å². The zero-order valence-corrected chi connectivity index (χ0v) is 50.6. The van der Waals surface area contributed by atoms with Gasteiger partial charge in [0.2, 0.25) is 47.3 Å². The van der Waals surface area contributed by atoms with Crippen LogP contribution in [0.3, 0.4) is 0 Å². The maximum Gasteiger partial charge on any atom is 0.333 e. The van der Waals surface area contributed by atoms with E-state index in [1.54, 1.807) is 12.1 Å². The van der Waals surface area contributed by atoms with Gasteiger partial charge >= 0.3 is 5.97 Å². The fourth-order valence-electron chi connectivity index (χ4n) is 10.9. The molecule has 2 saturated heterocycles. The van der Waals surface area contributed by atoms with Crippen LogP contribution in [0.1, 0.15) is 121 Å². The molecular weight excluding hydrogens is 1180 g/mol. The highest BCUT2D eigenvalue weighted by Crippen LogP contribution is 2.40. The Bertz CT molecular complexity index is 2980. The average molecular weight is 1260 g/mol. The molecule has 31 heteroatoms. The number of aromatic amines is 1. The second-order valence-electron chi connectivity index (χ2n) is 22.1. The number of imide groups is 1. The number of hydroxylamine groups is 2. The Morgan fingerprint density at radius 1 is 0.897 bits per heavy atom. The number of nitrogens with two attached hydrogens (primary N) is 1. The van der Waals surface area contributed by atoms with Gasteiger partial charge in [-0.05, 0) is 43.7 Å². The van der Waals surface area contributed by atoms with Crippen LogP contribution in [0, 0.1) is 17.8 Å². The van der Waals surface area contributed by atoms with Crippen molar-refractivity contribution in [3.05, 3.63) is 23.3 Å². The second-order valence-corrected chi connectivity index (χ2v) is 24.6. The number of aromatic nitrogens is 1. The summed E-state index contributed by atoms with van der Waals surface area (Å²) in [5, 5.41) is 47.8. The summed E-state index contributed by atoms with van der Waals surface area (Å²) in [6.07, 6.45) is -4.85. The number of carbonyl (C=O) groups excluding carboxylic acids is 13. The number of hydrogen-bond donors (Lipinski definition) is 11. The van der Waals surface area contributed by atoms with Gasteiger partial charge in [0.25, 0.3) is 11.8 Å². The number of Topliss-reactive ketones (excluding diaryl/α,β-unsaturated/α-hetero) is 2. The first kappa shape index (κ1) is 68.8. The van der Waals surface area contributed by atoms with E-state index in [4.69, 9.17) is 15.3 Å². The summed E-state index contributed by atoms with van der Waals surface area (Å²) in [5.74, 6) is -14.3. The van der Waals surface area contributed by atoms with Crippen molar-refractivity contribution in [2.75, 3.05) is 51.4 Å². The van der Waals surface area contributed by atoms with E-state index in [1.807, 2.05) is 13.8 Å². The Morgan fingerprint density at radius 2 is 1.61 bits per heavy atom. The number of aliphatic hydroxyl groups is 3. The van der Waals surface area contributed by atoms with Crippen LogP contribution in [0.15, 0.2) is 17.2 Å². The predicted octanol–water partition coefficient (Wildman–Crippen LogP) is -2.21. The first-order valence-corrected chi connectivity index (χ1v) is 31.4. The van der Waals surface area contributed by atoms with Gasteiger partial charge in [0.15, 0.2) is 11.6 Å². The highest BCUT2D eigenvalue weighted by Gasteiger charge is 2.45. The number of thioether (sulfide) groups is 1. The smallest absolute Gasteiger partial charge is 0.333 e. The zero-order valence-electron chi connectivity index (χ0n) is 48.9. The molecule has 2 bridgehead atoms. The third kappa shape index (κ3) is 18.1. The van der Waals surface area contributed by atoms with Gasteiger partial charge in [-0.15, -0.1) is 5.06 Å². The van der Waals surface area contributed by atoms with Crippen LogP contribution in [0.25, 0.3) is 10.9 Å². The fourth-order valence-corrected chi connectivity index (χ4v) is 13.2. The van der Waals surface area contributed by atoms with Crippen molar-refractivity contribution < 1.29 is 91.4 Å². The summed E-state index contributed by atoms with van der Waals surface area (Å²) in [5.41, 5.74) is 6.28. The topological polar surface area (TPSA) is 439 Å². The van der Waals surface area contributed by atoms with Crippen LogP contribution >= 0.6 is 11.8 Å². The molecule has 12 N–H and O–H groups in total. The molecule has 2 fully saturated rings. The normalized spacial score (nSPS) is 25.4. The van der Waals surface area contributed by atoms with E-state index in [0.717, 1.165) is 4.90 Å². The summed E-state index contributed by atoms with van der Waals surface area (Å²) < 4.78 is 21.3. The van der Waals surface area contributed by atoms with E-state index in [9.17, 15) is 72.9 Å². The van der Waals surface area contributed by atoms with Crippen molar-refractivity contribution in [3.63, 3.8) is 0 Å². The minimum atomic E-state index is -2.53. The number of carbonyl (C=O) groups is 13. The number of methoxy groups -OCH3 is 1. The molecule has 0 aliphatic carbocycles. The molecule has 11 atom stereocenters. The zero-order chi connectivity index (χ0) is 63.8. The Morgan fingerprint density at radius 3 is 2.29 bits per heavy atom. The van der Waals surface area contributed by atoms with Crippen LogP contribution in [-0.4, -0.2) is 199 Å². The number of fused-ring (bicyclic) bond motifs is 4. The molecule has 4 aliphatic heterocycles.